The number of hydrogen-bond acceptors (Lipinski definition) is 4. The van der Waals surface area contributed by atoms with Crippen molar-refractivity contribution in [2.24, 2.45) is 0 Å². The lowest BCUT2D eigenvalue weighted by molar-refractivity contribution is 0.104. The summed E-state index contributed by atoms with van der Waals surface area (Å²) in [7, 11) is 0. The molecule has 0 spiro atoms. The van der Waals surface area contributed by atoms with Crippen molar-refractivity contribution in [3.05, 3.63) is 59.7 Å². The second-order valence-electron chi connectivity index (χ2n) is 5.68. The van der Waals surface area contributed by atoms with Crippen LogP contribution in [0.1, 0.15) is 36.9 Å². The molecule has 0 aliphatic heterocycles. The van der Waals surface area contributed by atoms with E-state index in [0.29, 0.717) is 11.4 Å². The normalized spacial score (nSPS) is 11.8. The molecule has 1 aromatic carbocycles. The van der Waals surface area contributed by atoms with Gasteiger partial charge in [-0.1, -0.05) is 25.9 Å². The van der Waals surface area contributed by atoms with Gasteiger partial charge in [0.05, 0.1) is 0 Å². The van der Waals surface area contributed by atoms with Crippen LogP contribution < -0.4 is 5.32 Å². The minimum absolute atomic E-state index is 0.124. The fourth-order valence-corrected chi connectivity index (χ4v) is 1.61. The Kier molecular flexibility index (Phi) is 4.21. The highest BCUT2D eigenvalue weighted by Crippen LogP contribution is 2.24. The lowest BCUT2D eigenvalue weighted by Gasteiger charge is -2.11. The van der Waals surface area contributed by atoms with Crippen molar-refractivity contribution >= 4 is 11.6 Å². The zero-order chi connectivity index (χ0) is 15.5. The Labute approximate surface area is 122 Å². The quantitative estimate of drug-likeness (QED) is 0.684. The summed E-state index contributed by atoms with van der Waals surface area (Å²) in [6, 6.07) is 7.17. The number of ketones is 1. The van der Waals surface area contributed by atoms with Gasteiger partial charge in [0.15, 0.2) is 11.6 Å². The van der Waals surface area contributed by atoms with Gasteiger partial charge in [-0.3, -0.25) is 4.79 Å². The molecular weight excluding hydrogens is 271 g/mol. The van der Waals surface area contributed by atoms with Crippen molar-refractivity contribution in [1.82, 2.24) is 5.16 Å². The fourth-order valence-electron chi connectivity index (χ4n) is 1.61. The average molecular weight is 288 g/mol. The van der Waals surface area contributed by atoms with E-state index < -0.39 is 0 Å². The third-order valence-electron chi connectivity index (χ3n) is 2.84. The Balaban J connectivity index is 1.97. The molecule has 2 rings (SSSR count). The summed E-state index contributed by atoms with van der Waals surface area (Å²) < 4.78 is 18.0. The maximum absolute atomic E-state index is 12.8. The van der Waals surface area contributed by atoms with E-state index in [-0.39, 0.29) is 17.0 Å². The zero-order valence-electron chi connectivity index (χ0n) is 12.2. The first-order valence-electron chi connectivity index (χ1n) is 6.56. The van der Waals surface area contributed by atoms with Gasteiger partial charge in [0.1, 0.15) is 11.6 Å². The number of benzene rings is 1. The molecule has 0 radical (unpaired) electrons. The third-order valence-corrected chi connectivity index (χ3v) is 2.84. The lowest BCUT2D eigenvalue weighted by Crippen LogP contribution is -2.09. The van der Waals surface area contributed by atoms with Gasteiger partial charge in [0, 0.05) is 29.3 Å². The molecule has 4 nitrogen and oxygen atoms in total. The molecule has 0 saturated heterocycles. The highest BCUT2D eigenvalue weighted by Gasteiger charge is 2.19. The van der Waals surface area contributed by atoms with Crippen LogP contribution in [-0.2, 0) is 5.41 Å². The summed E-state index contributed by atoms with van der Waals surface area (Å²) in [5, 5.41) is 6.73. The van der Waals surface area contributed by atoms with Crippen LogP contribution in [0.5, 0.6) is 0 Å². The monoisotopic (exact) mass is 288 g/mol. The molecule has 0 aliphatic rings. The highest BCUT2D eigenvalue weighted by molar-refractivity contribution is 6.04. The van der Waals surface area contributed by atoms with Gasteiger partial charge >= 0.3 is 0 Å². The fraction of sp³-hybridized carbons (Fsp3) is 0.250. The van der Waals surface area contributed by atoms with Crippen LogP contribution >= 0.6 is 0 Å². The molecule has 0 fully saturated rings. The number of anilines is 1. The maximum Gasteiger partial charge on any atom is 0.187 e. The van der Waals surface area contributed by atoms with E-state index in [1.165, 1.54) is 36.5 Å². The first kappa shape index (κ1) is 15.0. The van der Waals surface area contributed by atoms with E-state index in [0.717, 1.165) is 5.76 Å². The molecule has 0 unspecified atom stereocenters. The second kappa shape index (κ2) is 5.91. The lowest BCUT2D eigenvalue weighted by atomic mass is 9.93. The number of hydrogen-bond donors (Lipinski definition) is 1. The van der Waals surface area contributed by atoms with E-state index in [1.807, 2.05) is 20.8 Å². The summed E-state index contributed by atoms with van der Waals surface area (Å²) in [5.74, 6) is 0.694. The van der Waals surface area contributed by atoms with Crippen molar-refractivity contribution in [2.45, 2.75) is 26.2 Å². The van der Waals surface area contributed by atoms with E-state index in [9.17, 15) is 9.18 Å². The number of carbonyl (C=O) groups excluding carboxylic acids is 1. The number of nitrogens with one attached hydrogen (secondary N) is 1. The molecule has 0 saturated carbocycles. The molecule has 0 bridgehead atoms. The van der Waals surface area contributed by atoms with Crippen molar-refractivity contribution in [3.8, 4) is 0 Å². The number of rotatable bonds is 4. The first-order valence-corrected chi connectivity index (χ1v) is 6.56. The molecule has 5 heteroatoms. The largest absolute Gasteiger partial charge is 0.359 e. The van der Waals surface area contributed by atoms with Gasteiger partial charge in [0.2, 0.25) is 0 Å². The summed E-state index contributed by atoms with van der Waals surface area (Å²) in [6.07, 6.45) is 2.84. The molecule has 110 valence electrons. The molecular formula is C16H17FN2O2. The first-order chi connectivity index (χ1) is 9.86. The smallest absolute Gasteiger partial charge is 0.187 e. The average Bonchev–Trinajstić information content (AvgIpc) is 2.88. The number of aromatic nitrogens is 1. The summed E-state index contributed by atoms with van der Waals surface area (Å²) in [5.41, 5.74) is 0.297. The molecule has 1 heterocycles. The van der Waals surface area contributed by atoms with Crippen molar-refractivity contribution < 1.29 is 13.7 Å². The highest BCUT2D eigenvalue weighted by atomic mass is 19.1. The van der Waals surface area contributed by atoms with Crippen LogP contribution in [0, 0.1) is 5.82 Å². The van der Waals surface area contributed by atoms with E-state index >= 15 is 0 Å². The van der Waals surface area contributed by atoms with Gasteiger partial charge < -0.3 is 9.84 Å². The van der Waals surface area contributed by atoms with Crippen LogP contribution in [0.25, 0.3) is 0 Å². The molecule has 2 aromatic rings. The molecule has 1 N–H and O–H groups in total. The van der Waals surface area contributed by atoms with E-state index in [2.05, 4.69) is 10.5 Å². The third kappa shape index (κ3) is 4.02. The Morgan fingerprint density at radius 2 is 1.95 bits per heavy atom. The summed E-state index contributed by atoms with van der Waals surface area (Å²) in [4.78, 5) is 11.8. The van der Waals surface area contributed by atoms with Crippen LogP contribution in [0.15, 0.2) is 47.1 Å². The molecule has 1 aromatic heterocycles. The van der Waals surface area contributed by atoms with Crippen molar-refractivity contribution in [1.29, 1.82) is 0 Å². The predicted octanol–water partition coefficient (Wildman–Crippen LogP) is 3.92. The van der Waals surface area contributed by atoms with Crippen LogP contribution in [0.3, 0.4) is 0 Å². The van der Waals surface area contributed by atoms with Gasteiger partial charge in [-0.2, -0.15) is 0 Å². The van der Waals surface area contributed by atoms with Gasteiger partial charge in [0.25, 0.3) is 0 Å². The Bertz CT molecular complexity index is 652. The van der Waals surface area contributed by atoms with Crippen molar-refractivity contribution in [2.75, 3.05) is 5.32 Å². The van der Waals surface area contributed by atoms with Crippen LogP contribution in [-0.4, -0.2) is 10.9 Å². The number of allylic oxidation sites excluding steroid dienone is 1. The van der Waals surface area contributed by atoms with Crippen molar-refractivity contribution in [3.63, 3.8) is 0 Å². The SMILES string of the molecule is CC(C)(C)c1cc(N/C=C\C(=O)c2ccc(F)cc2)no1. The minimum atomic E-state index is -0.369. The van der Waals surface area contributed by atoms with E-state index in [4.69, 9.17) is 4.52 Å². The maximum atomic E-state index is 12.8. The molecule has 0 atom stereocenters. The Morgan fingerprint density at radius 3 is 2.52 bits per heavy atom. The zero-order valence-corrected chi connectivity index (χ0v) is 12.2. The van der Waals surface area contributed by atoms with Gasteiger partial charge in [-0.05, 0) is 24.3 Å². The van der Waals surface area contributed by atoms with Crippen LogP contribution in [0.4, 0.5) is 10.2 Å². The Hall–Kier alpha value is -2.43. The van der Waals surface area contributed by atoms with Gasteiger partial charge in [-0.25, -0.2) is 4.39 Å². The molecule has 21 heavy (non-hydrogen) atoms. The standard InChI is InChI=1S/C16H17FN2O2/c1-16(2,3)14-10-15(19-21-14)18-9-8-13(20)11-4-6-12(17)7-5-11/h4-10H,1-3H3,(H,18,19)/b9-8-. The topological polar surface area (TPSA) is 55.1 Å². The molecule has 0 amide bonds. The number of halogens is 1. The summed E-state index contributed by atoms with van der Waals surface area (Å²) in [6.45, 7) is 6.06. The summed E-state index contributed by atoms with van der Waals surface area (Å²) >= 11 is 0. The number of nitrogens with zero attached hydrogens (tertiary/aromatic N) is 1. The minimum Gasteiger partial charge on any atom is -0.359 e. The number of carbonyl (C=O) groups is 1. The van der Waals surface area contributed by atoms with E-state index in [1.54, 1.807) is 6.07 Å². The van der Waals surface area contributed by atoms with Gasteiger partial charge in [-0.15, -0.1) is 0 Å². The molecule has 0 aliphatic carbocycles. The van der Waals surface area contributed by atoms with Crippen LogP contribution in [0.2, 0.25) is 0 Å². The predicted molar refractivity (Wildman–Crippen MR) is 78.7 cm³/mol. The Morgan fingerprint density at radius 1 is 1.29 bits per heavy atom. The second-order valence-corrected chi connectivity index (χ2v) is 5.68.